The lowest BCUT2D eigenvalue weighted by Crippen LogP contribution is -2.45. The van der Waals surface area contributed by atoms with E-state index in [1.807, 2.05) is 19.1 Å². The van der Waals surface area contributed by atoms with Gasteiger partial charge in [0.25, 0.3) is 0 Å². The standard InChI is InChI=1S/C13H17ClN2O/c1-10-8-11(14)2-3-12(10)13(17)9-16-6-4-15-5-7-16/h2-3,8,15H,4-7,9H2,1H3. The van der Waals surface area contributed by atoms with E-state index in [4.69, 9.17) is 11.6 Å². The fourth-order valence-corrected chi connectivity index (χ4v) is 2.32. The number of halogens is 1. The molecule has 1 aromatic carbocycles. The molecule has 1 N–H and O–H groups in total. The molecule has 92 valence electrons. The third-order valence-electron chi connectivity index (χ3n) is 3.07. The lowest BCUT2D eigenvalue weighted by atomic mass is 10.0. The van der Waals surface area contributed by atoms with E-state index in [0.717, 1.165) is 37.3 Å². The number of benzene rings is 1. The molecule has 0 bridgehead atoms. The Kier molecular flexibility index (Phi) is 4.15. The number of aryl methyl sites for hydroxylation is 1. The number of Topliss-reactive ketones (excluding diaryl/α,β-unsaturated/α-hetero) is 1. The lowest BCUT2D eigenvalue weighted by Gasteiger charge is -2.26. The Morgan fingerprint density at radius 3 is 2.76 bits per heavy atom. The van der Waals surface area contributed by atoms with Crippen molar-refractivity contribution in [3.8, 4) is 0 Å². The Balaban J connectivity index is 2.03. The summed E-state index contributed by atoms with van der Waals surface area (Å²) in [5.74, 6) is 0.182. The van der Waals surface area contributed by atoms with Gasteiger partial charge in [0.15, 0.2) is 5.78 Å². The van der Waals surface area contributed by atoms with Crippen LogP contribution < -0.4 is 5.32 Å². The van der Waals surface area contributed by atoms with Crippen molar-refractivity contribution in [2.75, 3.05) is 32.7 Å². The van der Waals surface area contributed by atoms with Crippen molar-refractivity contribution in [3.63, 3.8) is 0 Å². The normalized spacial score (nSPS) is 17.1. The van der Waals surface area contributed by atoms with Gasteiger partial charge in [-0.25, -0.2) is 0 Å². The number of hydrogen-bond donors (Lipinski definition) is 1. The first-order chi connectivity index (χ1) is 8.16. The second kappa shape index (κ2) is 5.63. The Labute approximate surface area is 107 Å². The van der Waals surface area contributed by atoms with Gasteiger partial charge in [0.1, 0.15) is 0 Å². The fourth-order valence-electron chi connectivity index (χ4n) is 2.10. The molecular weight excluding hydrogens is 236 g/mol. The summed E-state index contributed by atoms with van der Waals surface area (Å²) in [6, 6.07) is 5.44. The van der Waals surface area contributed by atoms with E-state index in [1.54, 1.807) is 6.07 Å². The average Bonchev–Trinajstić information content (AvgIpc) is 2.30. The highest BCUT2D eigenvalue weighted by Crippen LogP contribution is 2.16. The molecule has 2 rings (SSSR count). The zero-order valence-electron chi connectivity index (χ0n) is 10.0. The Hall–Kier alpha value is -0.900. The summed E-state index contributed by atoms with van der Waals surface area (Å²) in [5, 5.41) is 3.96. The van der Waals surface area contributed by atoms with E-state index in [2.05, 4.69) is 10.2 Å². The predicted octanol–water partition coefficient (Wildman–Crippen LogP) is 1.74. The van der Waals surface area contributed by atoms with Crippen molar-refractivity contribution in [1.29, 1.82) is 0 Å². The first-order valence-electron chi connectivity index (χ1n) is 5.89. The third kappa shape index (κ3) is 3.28. The molecule has 1 fully saturated rings. The van der Waals surface area contributed by atoms with Crippen molar-refractivity contribution in [2.24, 2.45) is 0 Å². The molecule has 1 saturated heterocycles. The Morgan fingerprint density at radius 2 is 2.12 bits per heavy atom. The first kappa shape index (κ1) is 12.6. The van der Waals surface area contributed by atoms with Gasteiger partial charge in [-0.15, -0.1) is 0 Å². The predicted molar refractivity (Wildman–Crippen MR) is 69.8 cm³/mol. The van der Waals surface area contributed by atoms with Crippen molar-refractivity contribution >= 4 is 17.4 Å². The number of hydrogen-bond acceptors (Lipinski definition) is 3. The molecule has 0 spiro atoms. The van der Waals surface area contributed by atoms with Gasteiger partial charge in [-0.1, -0.05) is 11.6 Å². The third-order valence-corrected chi connectivity index (χ3v) is 3.30. The molecule has 4 heteroatoms. The highest BCUT2D eigenvalue weighted by molar-refractivity contribution is 6.30. The highest BCUT2D eigenvalue weighted by atomic mass is 35.5. The van der Waals surface area contributed by atoms with Gasteiger partial charge < -0.3 is 5.32 Å². The molecule has 0 unspecified atom stereocenters. The molecule has 1 aliphatic rings. The van der Waals surface area contributed by atoms with Crippen LogP contribution in [0.1, 0.15) is 15.9 Å². The van der Waals surface area contributed by atoms with Crippen LogP contribution in [-0.4, -0.2) is 43.4 Å². The SMILES string of the molecule is Cc1cc(Cl)ccc1C(=O)CN1CCNCC1. The number of carbonyl (C=O) groups is 1. The van der Waals surface area contributed by atoms with E-state index in [1.165, 1.54) is 0 Å². The minimum absolute atomic E-state index is 0.182. The van der Waals surface area contributed by atoms with Crippen LogP contribution in [0.25, 0.3) is 0 Å². The molecule has 17 heavy (non-hydrogen) atoms. The van der Waals surface area contributed by atoms with E-state index < -0.39 is 0 Å². The van der Waals surface area contributed by atoms with Crippen LogP contribution >= 0.6 is 11.6 Å². The zero-order chi connectivity index (χ0) is 12.3. The maximum atomic E-state index is 12.1. The summed E-state index contributed by atoms with van der Waals surface area (Å²) in [6.45, 7) is 6.25. The minimum Gasteiger partial charge on any atom is -0.314 e. The zero-order valence-corrected chi connectivity index (χ0v) is 10.8. The van der Waals surface area contributed by atoms with Gasteiger partial charge in [-0.05, 0) is 30.7 Å². The highest BCUT2D eigenvalue weighted by Gasteiger charge is 2.16. The van der Waals surface area contributed by atoms with E-state index in [9.17, 15) is 4.79 Å². The van der Waals surface area contributed by atoms with Crippen LogP contribution in [0.3, 0.4) is 0 Å². The maximum Gasteiger partial charge on any atom is 0.177 e. The number of nitrogens with zero attached hydrogens (tertiary/aromatic N) is 1. The number of rotatable bonds is 3. The molecule has 0 aromatic heterocycles. The van der Waals surface area contributed by atoms with Crippen LogP contribution in [0.5, 0.6) is 0 Å². The first-order valence-corrected chi connectivity index (χ1v) is 6.27. The van der Waals surface area contributed by atoms with Crippen LogP contribution in [0.4, 0.5) is 0 Å². The minimum atomic E-state index is 0.182. The molecule has 0 radical (unpaired) electrons. The number of piperazine rings is 1. The second-order valence-electron chi connectivity index (χ2n) is 4.41. The summed E-state index contributed by atoms with van der Waals surface area (Å²) in [5.41, 5.74) is 1.74. The van der Waals surface area contributed by atoms with Crippen molar-refractivity contribution in [1.82, 2.24) is 10.2 Å². The molecular formula is C13H17ClN2O. The van der Waals surface area contributed by atoms with Crippen molar-refractivity contribution < 1.29 is 4.79 Å². The fraction of sp³-hybridized carbons (Fsp3) is 0.462. The summed E-state index contributed by atoms with van der Waals surface area (Å²) in [6.07, 6.45) is 0. The maximum absolute atomic E-state index is 12.1. The van der Waals surface area contributed by atoms with Crippen LogP contribution in [-0.2, 0) is 0 Å². The van der Waals surface area contributed by atoms with Gasteiger partial charge in [0.2, 0.25) is 0 Å². The van der Waals surface area contributed by atoms with Crippen LogP contribution in [0.15, 0.2) is 18.2 Å². The smallest absolute Gasteiger partial charge is 0.177 e. The number of nitrogens with one attached hydrogen (secondary N) is 1. The molecule has 0 saturated carbocycles. The average molecular weight is 253 g/mol. The summed E-state index contributed by atoms with van der Waals surface area (Å²) < 4.78 is 0. The molecule has 0 aliphatic carbocycles. The summed E-state index contributed by atoms with van der Waals surface area (Å²) >= 11 is 5.88. The molecule has 0 amide bonds. The molecule has 1 aromatic rings. The van der Waals surface area contributed by atoms with Crippen LogP contribution in [0, 0.1) is 6.92 Å². The van der Waals surface area contributed by atoms with Gasteiger partial charge in [0, 0.05) is 36.8 Å². The van der Waals surface area contributed by atoms with Gasteiger partial charge >= 0.3 is 0 Å². The molecule has 3 nitrogen and oxygen atoms in total. The van der Waals surface area contributed by atoms with Gasteiger partial charge in [-0.2, -0.15) is 0 Å². The summed E-state index contributed by atoms with van der Waals surface area (Å²) in [7, 11) is 0. The van der Waals surface area contributed by atoms with E-state index in [-0.39, 0.29) is 5.78 Å². The Bertz CT molecular complexity index is 414. The molecule has 0 atom stereocenters. The van der Waals surface area contributed by atoms with Crippen molar-refractivity contribution in [2.45, 2.75) is 6.92 Å². The van der Waals surface area contributed by atoms with Crippen molar-refractivity contribution in [3.05, 3.63) is 34.3 Å². The topological polar surface area (TPSA) is 32.3 Å². The quantitative estimate of drug-likeness (QED) is 0.832. The van der Waals surface area contributed by atoms with Gasteiger partial charge in [0.05, 0.1) is 6.54 Å². The summed E-state index contributed by atoms with van der Waals surface area (Å²) in [4.78, 5) is 14.3. The molecule has 1 aliphatic heterocycles. The Morgan fingerprint density at radius 1 is 1.41 bits per heavy atom. The number of carbonyl (C=O) groups excluding carboxylic acids is 1. The monoisotopic (exact) mass is 252 g/mol. The van der Waals surface area contributed by atoms with Crippen LogP contribution in [0.2, 0.25) is 5.02 Å². The van der Waals surface area contributed by atoms with E-state index in [0.29, 0.717) is 11.6 Å². The lowest BCUT2D eigenvalue weighted by molar-refractivity contribution is 0.0921. The second-order valence-corrected chi connectivity index (χ2v) is 4.85. The largest absolute Gasteiger partial charge is 0.314 e. The van der Waals surface area contributed by atoms with E-state index >= 15 is 0 Å². The van der Waals surface area contributed by atoms with Gasteiger partial charge in [-0.3, -0.25) is 9.69 Å². The molecule has 1 heterocycles. The number of ketones is 1.